The molecule has 2 aliphatic heterocycles. The molecule has 0 radical (unpaired) electrons. The number of nitrogens with one attached hydrogen (secondary N) is 1. The molecule has 140 valence electrons. The second kappa shape index (κ2) is 8.03. The number of halogens is 1. The fourth-order valence-corrected chi connectivity index (χ4v) is 4.47. The van der Waals surface area contributed by atoms with Gasteiger partial charge < -0.3 is 10.2 Å². The summed E-state index contributed by atoms with van der Waals surface area (Å²) in [5.41, 5.74) is 1.12. The van der Waals surface area contributed by atoms with Crippen LogP contribution in [0.15, 0.2) is 29.2 Å². The van der Waals surface area contributed by atoms with Gasteiger partial charge in [-0.3, -0.25) is 4.79 Å². The van der Waals surface area contributed by atoms with Gasteiger partial charge in [-0.2, -0.15) is 4.31 Å². The monoisotopic (exact) mass is 387 g/mol. The molecule has 8 heteroatoms. The van der Waals surface area contributed by atoms with Crippen LogP contribution in [-0.4, -0.2) is 62.8 Å². The summed E-state index contributed by atoms with van der Waals surface area (Å²) in [4.78, 5) is 14.3. The van der Waals surface area contributed by atoms with Crippen LogP contribution in [0.4, 0.5) is 0 Å². The highest BCUT2D eigenvalue weighted by molar-refractivity contribution is 7.89. The summed E-state index contributed by atoms with van der Waals surface area (Å²) in [7, 11) is -3.48. The van der Waals surface area contributed by atoms with Gasteiger partial charge in [-0.25, -0.2) is 8.42 Å². The maximum Gasteiger partial charge on any atom is 0.243 e. The lowest BCUT2D eigenvalue weighted by molar-refractivity contribution is -0.138. The highest BCUT2D eigenvalue weighted by atomic mass is 35.5. The fourth-order valence-electron chi connectivity index (χ4n) is 3.04. The molecule has 1 N–H and O–H groups in total. The highest BCUT2D eigenvalue weighted by Crippen LogP contribution is 2.22. The van der Waals surface area contributed by atoms with Crippen LogP contribution in [0.2, 0.25) is 0 Å². The Balaban J connectivity index is 0.00000225. The molecule has 0 atom stereocenters. The van der Waals surface area contributed by atoms with Gasteiger partial charge in [-0.1, -0.05) is 26.0 Å². The predicted octanol–water partition coefficient (Wildman–Crippen LogP) is 1.28. The molecule has 1 aromatic rings. The quantitative estimate of drug-likeness (QED) is 0.845. The smallest absolute Gasteiger partial charge is 0.243 e. The van der Waals surface area contributed by atoms with Gasteiger partial charge in [0.1, 0.15) is 0 Å². The van der Waals surface area contributed by atoms with E-state index in [1.807, 2.05) is 12.1 Å². The molecule has 0 unspecified atom stereocenters. The Labute approximate surface area is 156 Å². The molecule has 0 aromatic heterocycles. The Morgan fingerprint density at radius 1 is 1.08 bits per heavy atom. The van der Waals surface area contributed by atoms with E-state index in [4.69, 9.17) is 0 Å². The maximum absolute atomic E-state index is 12.8. The van der Waals surface area contributed by atoms with E-state index >= 15 is 0 Å². The number of carbonyl (C=O) groups excluding carboxylic acids is 1. The average Bonchev–Trinajstić information content (AvgIpc) is 2.53. The van der Waals surface area contributed by atoms with Gasteiger partial charge >= 0.3 is 0 Å². The Kier molecular flexibility index (Phi) is 6.48. The van der Waals surface area contributed by atoms with Gasteiger partial charge in [0.15, 0.2) is 0 Å². The second-order valence-electron chi connectivity index (χ2n) is 6.81. The van der Waals surface area contributed by atoms with Gasteiger partial charge in [0.25, 0.3) is 0 Å². The third kappa shape index (κ3) is 4.16. The Morgan fingerprint density at radius 2 is 1.64 bits per heavy atom. The van der Waals surface area contributed by atoms with Crippen LogP contribution in [-0.2, 0) is 14.8 Å². The van der Waals surface area contributed by atoms with E-state index in [1.54, 1.807) is 17.0 Å². The molecule has 2 heterocycles. The second-order valence-corrected chi connectivity index (χ2v) is 8.75. The van der Waals surface area contributed by atoms with E-state index in [0.29, 0.717) is 37.0 Å². The van der Waals surface area contributed by atoms with Crippen LogP contribution in [0.3, 0.4) is 0 Å². The molecule has 0 bridgehead atoms. The first kappa shape index (κ1) is 20.2. The zero-order chi connectivity index (χ0) is 17.3. The normalized spacial score (nSPS) is 19.4. The van der Waals surface area contributed by atoms with Crippen LogP contribution in [0.5, 0.6) is 0 Å². The lowest BCUT2D eigenvalue weighted by Crippen LogP contribution is -2.57. The van der Waals surface area contributed by atoms with Crippen LogP contribution < -0.4 is 5.32 Å². The van der Waals surface area contributed by atoms with Crippen molar-refractivity contribution in [3.63, 3.8) is 0 Å². The summed E-state index contributed by atoms with van der Waals surface area (Å²) >= 11 is 0. The predicted molar refractivity (Wildman–Crippen MR) is 99.5 cm³/mol. The zero-order valence-corrected chi connectivity index (χ0v) is 16.3. The summed E-state index contributed by atoms with van der Waals surface area (Å²) in [5.74, 6) is 0.584. The number of nitrogens with zero attached hydrogens (tertiary/aromatic N) is 2. The molecule has 6 nitrogen and oxygen atoms in total. The Morgan fingerprint density at radius 3 is 2.08 bits per heavy atom. The lowest BCUT2D eigenvalue weighted by Gasteiger charge is -2.38. The first-order valence-electron chi connectivity index (χ1n) is 8.49. The van der Waals surface area contributed by atoms with E-state index in [-0.39, 0.29) is 24.2 Å². The van der Waals surface area contributed by atoms with Crippen molar-refractivity contribution in [2.45, 2.75) is 24.7 Å². The minimum absolute atomic E-state index is 0. The number of hydrogen-bond acceptors (Lipinski definition) is 4. The molecule has 2 saturated heterocycles. The molecule has 2 aliphatic rings. The third-order valence-electron chi connectivity index (χ3n) is 4.87. The van der Waals surface area contributed by atoms with E-state index in [0.717, 1.165) is 18.7 Å². The van der Waals surface area contributed by atoms with E-state index < -0.39 is 10.0 Å². The van der Waals surface area contributed by atoms with Gasteiger partial charge in [0.2, 0.25) is 15.9 Å². The lowest BCUT2D eigenvalue weighted by atomic mass is 10.0. The first-order chi connectivity index (χ1) is 11.4. The topological polar surface area (TPSA) is 69.7 Å². The maximum atomic E-state index is 12.8. The summed E-state index contributed by atoms with van der Waals surface area (Å²) < 4.78 is 27.0. The summed E-state index contributed by atoms with van der Waals surface area (Å²) in [6.07, 6.45) is 0. The van der Waals surface area contributed by atoms with Crippen molar-refractivity contribution < 1.29 is 13.2 Å². The van der Waals surface area contributed by atoms with Crippen LogP contribution >= 0.6 is 12.4 Å². The van der Waals surface area contributed by atoms with Crippen LogP contribution in [0, 0.1) is 5.92 Å². The van der Waals surface area contributed by atoms with E-state index in [1.165, 1.54) is 4.31 Å². The molecular weight excluding hydrogens is 362 g/mol. The molecule has 3 rings (SSSR count). The van der Waals surface area contributed by atoms with Gasteiger partial charge in [0, 0.05) is 39.3 Å². The average molecular weight is 388 g/mol. The van der Waals surface area contributed by atoms with Crippen molar-refractivity contribution in [2.75, 3.05) is 39.3 Å². The first-order valence-corrected chi connectivity index (χ1v) is 9.93. The number of rotatable bonds is 4. The number of sulfonamides is 1. The zero-order valence-electron chi connectivity index (χ0n) is 14.6. The number of carbonyl (C=O) groups is 1. The summed E-state index contributed by atoms with van der Waals surface area (Å²) in [6, 6.07) is 7.12. The Hall–Kier alpha value is -1.15. The van der Waals surface area contributed by atoms with Gasteiger partial charge in [-0.05, 0) is 23.6 Å². The molecule has 0 saturated carbocycles. The SMILES string of the molecule is CC(C)c1ccc(S(=O)(=O)N2CCN(C(=O)C3CNC3)CC2)cc1.Cl. The molecule has 0 aliphatic carbocycles. The van der Waals surface area contributed by atoms with Crippen molar-refractivity contribution in [1.29, 1.82) is 0 Å². The number of hydrogen-bond donors (Lipinski definition) is 1. The van der Waals surface area contributed by atoms with Crippen molar-refractivity contribution in [3.8, 4) is 0 Å². The van der Waals surface area contributed by atoms with Gasteiger partial charge in [0.05, 0.1) is 10.8 Å². The van der Waals surface area contributed by atoms with Crippen molar-refractivity contribution in [1.82, 2.24) is 14.5 Å². The fraction of sp³-hybridized carbons (Fsp3) is 0.588. The molecule has 0 spiro atoms. The van der Waals surface area contributed by atoms with Crippen molar-refractivity contribution >= 4 is 28.3 Å². The van der Waals surface area contributed by atoms with Gasteiger partial charge in [-0.15, -0.1) is 12.4 Å². The minimum atomic E-state index is -3.48. The van der Waals surface area contributed by atoms with E-state index in [9.17, 15) is 13.2 Å². The van der Waals surface area contributed by atoms with Crippen molar-refractivity contribution in [2.24, 2.45) is 5.92 Å². The molecule has 1 aromatic carbocycles. The van der Waals surface area contributed by atoms with Crippen LogP contribution in [0.25, 0.3) is 0 Å². The Bertz CT molecular complexity index is 694. The summed E-state index contributed by atoms with van der Waals surface area (Å²) in [6.45, 7) is 7.30. The minimum Gasteiger partial charge on any atom is -0.340 e. The van der Waals surface area contributed by atoms with Crippen molar-refractivity contribution in [3.05, 3.63) is 29.8 Å². The molecule has 25 heavy (non-hydrogen) atoms. The van der Waals surface area contributed by atoms with Crippen LogP contribution in [0.1, 0.15) is 25.3 Å². The number of benzene rings is 1. The largest absolute Gasteiger partial charge is 0.340 e. The third-order valence-corrected chi connectivity index (χ3v) is 6.78. The van der Waals surface area contributed by atoms with E-state index in [2.05, 4.69) is 19.2 Å². The standard InChI is InChI=1S/C17H25N3O3S.ClH/c1-13(2)14-3-5-16(6-4-14)24(22,23)20-9-7-19(8-10-20)17(21)15-11-18-12-15;/h3-6,13,15,18H,7-12H2,1-2H3;1H. The number of piperazine rings is 1. The highest BCUT2D eigenvalue weighted by Gasteiger charge is 2.34. The molecule has 2 fully saturated rings. The molecule has 1 amide bonds. The molecular formula is C17H26ClN3O3S. The number of amides is 1. The summed E-state index contributed by atoms with van der Waals surface area (Å²) in [5, 5.41) is 3.09.